The number of nitrogens with zero attached hydrogens (tertiary/aromatic N) is 2. The molecular weight excluding hydrogens is 448 g/mol. The first-order valence-electron chi connectivity index (χ1n) is 14.3. The Morgan fingerprint density at radius 2 is 1.94 bits per heavy atom. The second kappa shape index (κ2) is 8.66. The number of ether oxygens (including phenoxy) is 1. The van der Waals surface area contributed by atoms with Crippen LogP contribution in [0.25, 0.3) is 10.9 Å². The molecule has 6 rings (SSSR count). The predicted octanol–water partition coefficient (Wildman–Crippen LogP) is 5.95. The van der Waals surface area contributed by atoms with Crippen LogP contribution in [0, 0.1) is 47.3 Å². The Kier molecular flexibility index (Phi) is 5.92. The molecule has 4 aliphatic carbocycles. The third-order valence-corrected chi connectivity index (χ3v) is 11.5. The molecule has 4 aliphatic rings. The first-order chi connectivity index (χ1) is 17.1. The molecule has 2 aromatic rings. The minimum absolute atomic E-state index is 0.0999. The highest BCUT2D eigenvalue weighted by atomic mass is 16.5. The molecule has 4 saturated carbocycles. The summed E-state index contributed by atoms with van der Waals surface area (Å²) in [5, 5.41) is 16.7. The van der Waals surface area contributed by atoms with E-state index in [0.29, 0.717) is 36.0 Å². The maximum absolute atomic E-state index is 13.7. The van der Waals surface area contributed by atoms with E-state index in [4.69, 9.17) is 9.84 Å². The molecule has 1 aromatic heterocycles. The summed E-state index contributed by atoms with van der Waals surface area (Å²) in [6.45, 7) is 7.77. The van der Waals surface area contributed by atoms with Gasteiger partial charge in [-0.2, -0.15) is 5.10 Å². The van der Waals surface area contributed by atoms with Crippen LogP contribution in [-0.4, -0.2) is 40.0 Å². The van der Waals surface area contributed by atoms with Gasteiger partial charge in [0.25, 0.3) is 0 Å². The Balaban J connectivity index is 1.22. The summed E-state index contributed by atoms with van der Waals surface area (Å²) in [4.78, 5) is 13.7. The van der Waals surface area contributed by atoms with Gasteiger partial charge in [-0.1, -0.05) is 19.1 Å². The standard InChI is InChI=1S/C31H44N2O3/c1-20-5-6-21-17-33(32-27(21)15-20)18-28(34)26-10-9-24-23-8-7-22-16-29(2,35)13-14-31(22,19-36-4)25(23)11-12-30(24,26)3/h5-6,15,17,22-26,35H,7-14,16,18-19H2,1-4H3/t22-,23+,24+,25+,26-,29-,30+,31-/m1/s1. The fourth-order valence-corrected chi connectivity index (χ4v) is 9.84. The van der Waals surface area contributed by atoms with Gasteiger partial charge < -0.3 is 9.84 Å². The van der Waals surface area contributed by atoms with Crippen LogP contribution >= 0.6 is 0 Å². The normalized spacial score (nSPS) is 42.1. The van der Waals surface area contributed by atoms with Crippen molar-refractivity contribution < 1.29 is 14.6 Å². The molecule has 0 aliphatic heterocycles. The molecule has 8 atom stereocenters. The van der Waals surface area contributed by atoms with Gasteiger partial charge in [0.15, 0.2) is 5.78 Å². The molecule has 5 heteroatoms. The van der Waals surface area contributed by atoms with Gasteiger partial charge in [0.1, 0.15) is 0 Å². The molecule has 0 saturated heterocycles. The number of carbonyl (C=O) groups is 1. The van der Waals surface area contributed by atoms with Gasteiger partial charge in [-0.3, -0.25) is 9.48 Å². The summed E-state index contributed by atoms with van der Waals surface area (Å²) < 4.78 is 7.78. The van der Waals surface area contributed by atoms with Gasteiger partial charge in [0.05, 0.1) is 24.3 Å². The maximum Gasteiger partial charge on any atom is 0.157 e. The molecule has 196 valence electrons. The van der Waals surface area contributed by atoms with E-state index >= 15 is 0 Å². The van der Waals surface area contributed by atoms with Crippen LogP contribution in [-0.2, 0) is 16.1 Å². The number of hydrogen-bond donors (Lipinski definition) is 1. The van der Waals surface area contributed by atoms with Gasteiger partial charge >= 0.3 is 0 Å². The monoisotopic (exact) mass is 492 g/mol. The van der Waals surface area contributed by atoms with Crippen LogP contribution in [0.3, 0.4) is 0 Å². The van der Waals surface area contributed by atoms with E-state index in [9.17, 15) is 9.90 Å². The van der Waals surface area contributed by atoms with E-state index in [0.717, 1.165) is 49.6 Å². The molecular formula is C31H44N2O3. The summed E-state index contributed by atoms with van der Waals surface area (Å²) in [5.74, 6) is 3.05. The van der Waals surface area contributed by atoms with Crippen molar-refractivity contribution in [2.75, 3.05) is 13.7 Å². The predicted molar refractivity (Wildman–Crippen MR) is 142 cm³/mol. The fourth-order valence-electron chi connectivity index (χ4n) is 9.84. The average Bonchev–Trinajstić information content (AvgIpc) is 3.38. The van der Waals surface area contributed by atoms with Crippen molar-refractivity contribution >= 4 is 16.7 Å². The quantitative estimate of drug-likeness (QED) is 0.560. The average molecular weight is 493 g/mol. The molecule has 1 heterocycles. The van der Waals surface area contributed by atoms with Crippen molar-refractivity contribution in [3.8, 4) is 0 Å². The van der Waals surface area contributed by atoms with Crippen molar-refractivity contribution in [2.45, 2.75) is 90.7 Å². The molecule has 1 aromatic carbocycles. The Labute approximate surface area is 216 Å². The van der Waals surface area contributed by atoms with Gasteiger partial charge in [-0.25, -0.2) is 0 Å². The van der Waals surface area contributed by atoms with Crippen LogP contribution in [0.5, 0.6) is 0 Å². The number of Topliss-reactive ketones (excluding diaryl/α,β-unsaturated/α-hetero) is 1. The highest BCUT2D eigenvalue weighted by molar-refractivity contribution is 5.83. The Bertz CT molecular complexity index is 1150. The first kappa shape index (κ1) is 24.6. The van der Waals surface area contributed by atoms with Gasteiger partial charge in [-0.05, 0) is 118 Å². The zero-order chi connectivity index (χ0) is 25.3. The van der Waals surface area contributed by atoms with Gasteiger partial charge in [0.2, 0.25) is 0 Å². The van der Waals surface area contributed by atoms with E-state index in [2.05, 4.69) is 32.0 Å². The lowest BCUT2D eigenvalue weighted by atomic mass is 9.43. The number of ketones is 1. The van der Waals surface area contributed by atoms with E-state index in [1.165, 1.54) is 31.2 Å². The molecule has 0 amide bonds. The minimum atomic E-state index is -0.529. The van der Waals surface area contributed by atoms with Crippen LogP contribution in [0.2, 0.25) is 0 Å². The van der Waals surface area contributed by atoms with Crippen molar-refractivity contribution in [1.29, 1.82) is 0 Å². The number of carbonyl (C=O) groups excluding carboxylic acids is 1. The molecule has 0 radical (unpaired) electrons. The second-order valence-electron chi connectivity index (χ2n) is 13.5. The number of aromatic nitrogens is 2. The molecule has 4 fully saturated rings. The van der Waals surface area contributed by atoms with Crippen LogP contribution in [0.15, 0.2) is 24.4 Å². The number of hydrogen-bond acceptors (Lipinski definition) is 4. The highest BCUT2D eigenvalue weighted by Crippen LogP contribution is 2.68. The fraction of sp³-hybridized carbons (Fsp3) is 0.742. The number of benzene rings is 1. The zero-order valence-corrected chi connectivity index (χ0v) is 22.6. The molecule has 36 heavy (non-hydrogen) atoms. The topological polar surface area (TPSA) is 64.3 Å². The lowest BCUT2D eigenvalue weighted by molar-refractivity contribution is -0.175. The maximum atomic E-state index is 13.7. The molecule has 0 bridgehead atoms. The Morgan fingerprint density at radius 1 is 1.11 bits per heavy atom. The summed E-state index contributed by atoms with van der Waals surface area (Å²) in [7, 11) is 1.86. The lowest BCUT2D eigenvalue weighted by Crippen LogP contribution is -2.58. The zero-order valence-electron chi connectivity index (χ0n) is 22.6. The van der Waals surface area contributed by atoms with Crippen molar-refractivity contribution in [3.05, 3.63) is 30.0 Å². The Morgan fingerprint density at radius 3 is 2.75 bits per heavy atom. The SMILES string of the molecule is COC[C@]12CC[C@@](C)(O)C[C@H]1CC[C@H]1[C@@H]3CC[C@H](C(=O)Cn4cc5ccc(C)cc5n4)[C@@]3(C)CC[C@@H]12. The summed E-state index contributed by atoms with van der Waals surface area (Å²) in [6.07, 6.45) is 11.9. The van der Waals surface area contributed by atoms with E-state index in [-0.39, 0.29) is 16.7 Å². The van der Waals surface area contributed by atoms with Crippen molar-refractivity contribution in [1.82, 2.24) is 9.78 Å². The number of fused-ring (bicyclic) bond motifs is 6. The first-order valence-corrected chi connectivity index (χ1v) is 14.3. The number of aliphatic hydroxyl groups is 1. The van der Waals surface area contributed by atoms with E-state index < -0.39 is 5.60 Å². The number of aryl methyl sites for hydroxylation is 1. The highest BCUT2D eigenvalue weighted by Gasteiger charge is 2.63. The summed E-state index contributed by atoms with van der Waals surface area (Å²) in [5.41, 5.74) is 1.95. The van der Waals surface area contributed by atoms with E-state index in [1.54, 1.807) is 0 Å². The number of methoxy groups -OCH3 is 1. The smallest absolute Gasteiger partial charge is 0.157 e. The third kappa shape index (κ3) is 3.79. The summed E-state index contributed by atoms with van der Waals surface area (Å²) in [6, 6.07) is 6.31. The van der Waals surface area contributed by atoms with E-state index in [1.807, 2.05) is 24.9 Å². The van der Waals surface area contributed by atoms with Gasteiger partial charge in [-0.15, -0.1) is 0 Å². The van der Waals surface area contributed by atoms with Crippen LogP contribution in [0.1, 0.15) is 77.2 Å². The second-order valence-corrected chi connectivity index (χ2v) is 13.5. The lowest BCUT2D eigenvalue weighted by Gasteiger charge is -2.62. The minimum Gasteiger partial charge on any atom is -0.390 e. The largest absolute Gasteiger partial charge is 0.390 e. The van der Waals surface area contributed by atoms with Crippen molar-refractivity contribution in [2.24, 2.45) is 40.4 Å². The molecule has 0 spiro atoms. The molecule has 5 nitrogen and oxygen atoms in total. The molecule has 1 N–H and O–H groups in total. The van der Waals surface area contributed by atoms with Gasteiger partial charge in [0, 0.05) is 24.6 Å². The Hall–Kier alpha value is -1.72. The third-order valence-electron chi connectivity index (χ3n) is 11.5. The van der Waals surface area contributed by atoms with Crippen LogP contribution in [0.4, 0.5) is 0 Å². The molecule has 0 unspecified atom stereocenters. The van der Waals surface area contributed by atoms with Crippen LogP contribution < -0.4 is 0 Å². The number of rotatable bonds is 5. The van der Waals surface area contributed by atoms with Crippen molar-refractivity contribution in [3.63, 3.8) is 0 Å². The summed E-state index contributed by atoms with van der Waals surface area (Å²) >= 11 is 0.